The second-order valence-corrected chi connectivity index (χ2v) is 5.66. The predicted molar refractivity (Wildman–Crippen MR) is 76.8 cm³/mol. The van der Waals surface area contributed by atoms with Crippen LogP contribution >= 0.6 is 46.6 Å². The molecule has 0 aliphatic rings. The van der Waals surface area contributed by atoms with Crippen molar-refractivity contribution >= 4 is 46.6 Å². The molecule has 0 aliphatic heterocycles. The Morgan fingerprint density at radius 1 is 1.22 bits per heavy atom. The minimum Gasteiger partial charge on any atom is -0.262 e. The SMILES string of the molecule is CCc1nc(SCc2c(Cl)ccc(Cl)c2Cl)n[nH]1. The van der Waals surface area contributed by atoms with Crippen LogP contribution in [0.3, 0.4) is 0 Å². The molecule has 1 N–H and O–H groups in total. The van der Waals surface area contributed by atoms with Crippen molar-refractivity contribution in [3.05, 3.63) is 38.6 Å². The average molecular weight is 323 g/mol. The zero-order valence-corrected chi connectivity index (χ0v) is 12.6. The molecule has 0 saturated carbocycles. The van der Waals surface area contributed by atoms with E-state index in [1.54, 1.807) is 12.1 Å². The lowest BCUT2D eigenvalue weighted by Gasteiger charge is -2.06. The Labute approximate surface area is 124 Å². The second kappa shape index (κ2) is 6.15. The molecule has 0 fully saturated rings. The standard InChI is InChI=1S/C11H10Cl3N3S/c1-2-9-15-11(17-16-9)18-5-6-7(12)3-4-8(13)10(6)14/h3-4H,2,5H2,1H3,(H,15,16,17). The lowest BCUT2D eigenvalue weighted by atomic mass is 10.2. The first-order valence-electron chi connectivity index (χ1n) is 5.28. The Morgan fingerprint density at radius 2 is 1.94 bits per heavy atom. The Kier molecular flexibility index (Phi) is 4.78. The van der Waals surface area contributed by atoms with Gasteiger partial charge < -0.3 is 0 Å². The van der Waals surface area contributed by atoms with Gasteiger partial charge in [0.1, 0.15) is 5.82 Å². The van der Waals surface area contributed by atoms with Gasteiger partial charge in [0.05, 0.1) is 10.0 Å². The summed E-state index contributed by atoms with van der Waals surface area (Å²) in [7, 11) is 0. The number of aromatic amines is 1. The van der Waals surface area contributed by atoms with E-state index in [1.165, 1.54) is 11.8 Å². The first-order valence-corrected chi connectivity index (χ1v) is 7.40. The molecule has 0 amide bonds. The van der Waals surface area contributed by atoms with Crippen LogP contribution in [0, 0.1) is 0 Å². The highest BCUT2D eigenvalue weighted by Gasteiger charge is 2.11. The fourth-order valence-corrected chi connectivity index (χ4v) is 3.04. The molecule has 0 atom stereocenters. The van der Waals surface area contributed by atoms with Gasteiger partial charge in [0.15, 0.2) is 0 Å². The van der Waals surface area contributed by atoms with E-state index in [1.807, 2.05) is 6.92 Å². The monoisotopic (exact) mass is 321 g/mol. The van der Waals surface area contributed by atoms with Gasteiger partial charge in [-0.3, -0.25) is 5.10 Å². The quantitative estimate of drug-likeness (QED) is 0.659. The molecule has 0 spiro atoms. The van der Waals surface area contributed by atoms with Crippen LogP contribution in [0.15, 0.2) is 17.3 Å². The zero-order valence-electron chi connectivity index (χ0n) is 9.51. The number of nitrogens with one attached hydrogen (secondary N) is 1. The maximum absolute atomic E-state index is 6.12. The minimum absolute atomic E-state index is 0.489. The van der Waals surface area contributed by atoms with E-state index < -0.39 is 0 Å². The van der Waals surface area contributed by atoms with Gasteiger partial charge in [-0.1, -0.05) is 53.5 Å². The highest BCUT2D eigenvalue weighted by Crippen LogP contribution is 2.35. The number of H-pyrrole nitrogens is 1. The molecular weight excluding hydrogens is 313 g/mol. The summed E-state index contributed by atoms with van der Waals surface area (Å²) in [6.45, 7) is 2.01. The molecule has 0 unspecified atom stereocenters. The van der Waals surface area contributed by atoms with Crippen molar-refractivity contribution < 1.29 is 0 Å². The van der Waals surface area contributed by atoms with Gasteiger partial charge in [0.2, 0.25) is 5.16 Å². The molecule has 1 aromatic carbocycles. The largest absolute Gasteiger partial charge is 0.262 e. The van der Waals surface area contributed by atoms with Crippen molar-refractivity contribution in [3.8, 4) is 0 Å². The summed E-state index contributed by atoms with van der Waals surface area (Å²) < 4.78 is 0. The lowest BCUT2D eigenvalue weighted by Crippen LogP contribution is -1.87. The number of halogens is 3. The molecule has 0 radical (unpaired) electrons. The summed E-state index contributed by atoms with van der Waals surface area (Å²) in [5.41, 5.74) is 0.804. The highest BCUT2D eigenvalue weighted by atomic mass is 35.5. The van der Waals surface area contributed by atoms with Gasteiger partial charge >= 0.3 is 0 Å². The Hall–Kier alpha value is -0.420. The third-order valence-electron chi connectivity index (χ3n) is 2.33. The van der Waals surface area contributed by atoms with E-state index >= 15 is 0 Å². The van der Waals surface area contributed by atoms with Gasteiger partial charge in [-0.2, -0.15) is 0 Å². The third-order valence-corrected chi connectivity index (χ3v) is 4.40. The number of hydrogen-bond acceptors (Lipinski definition) is 3. The Balaban J connectivity index is 2.12. The number of aryl methyl sites for hydroxylation is 1. The van der Waals surface area contributed by atoms with Gasteiger partial charge in [0.25, 0.3) is 0 Å². The van der Waals surface area contributed by atoms with Crippen molar-refractivity contribution in [2.75, 3.05) is 0 Å². The van der Waals surface area contributed by atoms with E-state index in [4.69, 9.17) is 34.8 Å². The van der Waals surface area contributed by atoms with Crippen LogP contribution in [0.4, 0.5) is 0 Å². The summed E-state index contributed by atoms with van der Waals surface area (Å²) in [6, 6.07) is 3.42. The summed E-state index contributed by atoms with van der Waals surface area (Å²) in [5.74, 6) is 1.44. The van der Waals surface area contributed by atoms with Crippen LogP contribution in [0.5, 0.6) is 0 Å². The number of hydrogen-bond donors (Lipinski definition) is 1. The maximum Gasteiger partial charge on any atom is 0.208 e. The first kappa shape index (κ1) is 14.0. The summed E-state index contributed by atoms with van der Waals surface area (Å²) in [6.07, 6.45) is 0.826. The van der Waals surface area contributed by atoms with Gasteiger partial charge in [-0.25, -0.2) is 4.98 Å². The van der Waals surface area contributed by atoms with Gasteiger partial charge in [-0.15, -0.1) is 5.10 Å². The Morgan fingerprint density at radius 3 is 2.61 bits per heavy atom. The lowest BCUT2D eigenvalue weighted by molar-refractivity contribution is 0.941. The number of rotatable bonds is 4. The van der Waals surface area contributed by atoms with Gasteiger partial charge in [0, 0.05) is 22.8 Å². The summed E-state index contributed by atoms with van der Waals surface area (Å²) in [4.78, 5) is 4.30. The molecule has 2 rings (SSSR count). The van der Waals surface area contributed by atoms with E-state index in [9.17, 15) is 0 Å². The third kappa shape index (κ3) is 3.12. The molecule has 18 heavy (non-hydrogen) atoms. The first-order chi connectivity index (χ1) is 8.61. The zero-order chi connectivity index (χ0) is 13.1. The molecule has 0 aliphatic carbocycles. The molecule has 1 heterocycles. The van der Waals surface area contributed by atoms with Crippen LogP contribution in [-0.2, 0) is 12.2 Å². The molecule has 0 saturated heterocycles. The number of nitrogens with zero attached hydrogens (tertiary/aromatic N) is 2. The molecule has 0 bridgehead atoms. The predicted octanol–water partition coefficient (Wildman–Crippen LogP) is 4.62. The normalized spacial score (nSPS) is 10.9. The fourth-order valence-electron chi connectivity index (χ4n) is 1.34. The van der Waals surface area contributed by atoms with Crippen LogP contribution in [0.1, 0.15) is 18.3 Å². The fraction of sp³-hybridized carbons (Fsp3) is 0.273. The average Bonchev–Trinajstić information content (AvgIpc) is 2.82. The van der Waals surface area contributed by atoms with E-state index in [2.05, 4.69) is 15.2 Å². The second-order valence-electron chi connectivity index (χ2n) is 3.53. The highest BCUT2D eigenvalue weighted by molar-refractivity contribution is 7.98. The van der Waals surface area contributed by atoms with Crippen LogP contribution in [-0.4, -0.2) is 15.2 Å². The summed E-state index contributed by atoms with van der Waals surface area (Å²) in [5, 5.41) is 9.22. The van der Waals surface area contributed by atoms with E-state index in [0.717, 1.165) is 17.8 Å². The molecule has 96 valence electrons. The maximum atomic E-state index is 6.12. The number of thioether (sulfide) groups is 1. The van der Waals surface area contributed by atoms with Crippen molar-refractivity contribution in [3.63, 3.8) is 0 Å². The van der Waals surface area contributed by atoms with Gasteiger partial charge in [-0.05, 0) is 12.1 Å². The van der Waals surface area contributed by atoms with Crippen LogP contribution in [0.25, 0.3) is 0 Å². The van der Waals surface area contributed by atoms with Crippen molar-refractivity contribution in [2.24, 2.45) is 0 Å². The molecule has 1 aromatic heterocycles. The molecule has 7 heteroatoms. The molecule has 3 nitrogen and oxygen atoms in total. The number of benzene rings is 1. The van der Waals surface area contributed by atoms with Crippen LogP contribution in [0.2, 0.25) is 15.1 Å². The smallest absolute Gasteiger partial charge is 0.208 e. The molecular formula is C11H10Cl3N3S. The van der Waals surface area contributed by atoms with E-state index in [-0.39, 0.29) is 0 Å². The van der Waals surface area contributed by atoms with Crippen LogP contribution < -0.4 is 0 Å². The minimum atomic E-state index is 0.489. The van der Waals surface area contributed by atoms with Crippen molar-refractivity contribution in [1.29, 1.82) is 0 Å². The number of aromatic nitrogens is 3. The molecule has 2 aromatic rings. The Bertz CT molecular complexity index is 556. The van der Waals surface area contributed by atoms with E-state index in [0.29, 0.717) is 26.0 Å². The van der Waals surface area contributed by atoms with Crippen molar-refractivity contribution in [2.45, 2.75) is 24.3 Å². The topological polar surface area (TPSA) is 41.6 Å². The van der Waals surface area contributed by atoms with Crippen molar-refractivity contribution in [1.82, 2.24) is 15.2 Å². The summed E-state index contributed by atoms with van der Waals surface area (Å²) >= 11 is 19.6.